The van der Waals surface area contributed by atoms with Gasteiger partial charge in [0.2, 0.25) is 0 Å². The third kappa shape index (κ3) is 7.14. The van der Waals surface area contributed by atoms with Crippen LogP contribution in [0, 0.1) is 5.92 Å². The van der Waals surface area contributed by atoms with Crippen molar-refractivity contribution in [1.82, 2.24) is 10.6 Å². The molecular weight excluding hydrogens is 230 g/mol. The molecule has 0 aliphatic heterocycles. The van der Waals surface area contributed by atoms with Crippen molar-refractivity contribution in [2.75, 3.05) is 26.2 Å². The average Bonchev–Trinajstić information content (AvgIpc) is 3.15. The highest BCUT2D eigenvalue weighted by molar-refractivity contribution is 5.79. The van der Waals surface area contributed by atoms with E-state index in [1.54, 1.807) is 0 Å². The first kappa shape index (κ1) is 14.8. The smallest absolute Gasteiger partial charge is 0.305 e. The van der Waals surface area contributed by atoms with Crippen molar-refractivity contribution in [2.24, 2.45) is 10.9 Å². The third-order valence-electron chi connectivity index (χ3n) is 2.70. The Morgan fingerprint density at radius 1 is 1.33 bits per heavy atom. The van der Waals surface area contributed by atoms with E-state index >= 15 is 0 Å². The molecule has 0 radical (unpaired) electrons. The van der Waals surface area contributed by atoms with Gasteiger partial charge >= 0.3 is 5.97 Å². The van der Waals surface area contributed by atoms with E-state index in [0.29, 0.717) is 13.0 Å². The zero-order valence-electron chi connectivity index (χ0n) is 11.5. The van der Waals surface area contributed by atoms with Crippen LogP contribution in [-0.2, 0) is 9.53 Å². The minimum Gasteiger partial charge on any atom is -0.466 e. The van der Waals surface area contributed by atoms with Crippen molar-refractivity contribution < 1.29 is 9.53 Å². The molecule has 0 heterocycles. The number of esters is 1. The molecule has 0 bridgehead atoms. The van der Waals surface area contributed by atoms with Gasteiger partial charge in [-0.15, -0.1) is 0 Å². The van der Waals surface area contributed by atoms with E-state index in [-0.39, 0.29) is 5.97 Å². The van der Waals surface area contributed by atoms with Crippen LogP contribution < -0.4 is 10.6 Å². The molecule has 104 valence electrons. The molecule has 0 aromatic heterocycles. The van der Waals surface area contributed by atoms with Crippen molar-refractivity contribution >= 4 is 11.9 Å². The summed E-state index contributed by atoms with van der Waals surface area (Å²) in [6.45, 7) is 6.84. The second kappa shape index (κ2) is 8.78. The molecule has 0 atom stereocenters. The molecule has 18 heavy (non-hydrogen) atoms. The number of ether oxygens (including phenoxy) is 1. The molecule has 1 fully saturated rings. The zero-order valence-corrected chi connectivity index (χ0v) is 11.5. The number of rotatable bonds is 8. The molecule has 1 aliphatic carbocycles. The van der Waals surface area contributed by atoms with E-state index < -0.39 is 0 Å². The van der Waals surface area contributed by atoms with Crippen LogP contribution in [0.25, 0.3) is 0 Å². The minimum atomic E-state index is -0.126. The van der Waals surface area contributed by atoms with Gasteiger partial charge in [0.25, 0.3) is 0 Å². The molecule has 0 unspecified atom stereocenters. The lowest BCUT2D eigenvalue weighted by molar-refractivity contribution is -0.143. The lowest BCUT2D eigenvalue weighted by Crippen LogP contribution is -2.38. The number of carbonyl (C=O) groups is 1. The van der Waals surface area contributed by atoms with Gasteiger partial charge in [-0.2, -0.15) is 0 Å². The molecule has 2 N–H and O–H groups in total. The van der Waals surface area contributed by atoms with Gasteiger partial charge in [-0.1, -0.05) is 0 Å². The van der Waals surface area contributed by atoms with Gasteiger partial charge in [-0.25, -0.2) is 0 Å². The molecule has 5 nitrogen and oxygen atoms in total. The van der Waals surface area contributed by atoms with Gasteiger partial charge in [0.15, 0.2) is 5.96 Å². The molecule has 0 spiro atoms. The zero-order chi connectivity index (χ0) is 13.2. The highest BCUT2D eigenvalue weighted by Gasteiger charge is 2.20. The van der Waals surface area contributed by atoms with Crippen LogP contribution in [0.15, 0.2) is 4.99 Å². The quantitative estimate of drug-likeness (QED) is 0.297. The van der Waals surface area contributed by atoms with Gasteiger partial charge in [0.05, 0.1) is 6.61 Å². The maximum absolute atomic E-state index is 11.1. The molecule has 0 aromatic carbocycles. The maximum Gasteiger partial charge on any atom is 0.305 e. The summed E-state index contributed by atoms with van der Waals surface area (Å²) in [5.41, 5.74) is 0. The molecule has 1 saturated carbocycles. The van der Waals surface area contributed by atoms with Gasteiger partial charge < -0.3 is 15.4 Å². The maximum atomic E-state index is 11.1. The number of carbonyl (C=O) groups excluding carboxylic acids is 1. The van der Waals surface area contributed by atoms with Crippen LogP contribution >= 0.6 is 0 Å². The Morgan fingerprint density at radius 2 is 2.11 bits per heavy atom. The monoisotopic (exact) mass is 255 g/mol. The first-order valence-electron chi connectivity index (χ1n) is 6.94. The van der Waals surface area contributed by atoms with Gasteiger partial charge in [0, 0.05) is 26.1 Å². The van der Waals surface area contributed by atoms with E-state index in [9.17, 15) is 4.79 Å². The molecule has 0 aromatic rings. The lowest BCUT2D eigenvalue weighted by atomic mass is 10.3. The number of guanidine groups is 1. The fourth-order valence-electron chi connectivity index (χ4n) is 1.54. The highest BCUT2D eigenvalue weighted by Crippen LogP contribution is 2.28. The van der Waals surface area contributed by atoms with Crippen molar-refractivity contribution in [3.05, 3.63) is 0 Å². The summed E-state index contributed by atoms with van der Waals surface area (Å²) in [4.78, 5) is 15.6. The predicted octanol–water partition coefficient (Wildman–Crippen LogP) is 1.29. The second-order valence-corrected chi connectivity index (χ2v) is 4.50. The van der Waals surface area contributed by atoms with Gasteiger partial charge in [0.1, 0.15) is 0 Å². The lowest BCUT2D eigenvalue weighted by Gasteiger charge is -2.10. The second-order valence-electron chi connectivity index (χ2n) is 4.50. The van der Waals surface area contributed by atoms with Crippen LogP contribution in [0.4, 0.5) is 0 Å². The molecule has 5 heteroatoms. The van der Waals surface area contributed by atoms with Gasteiger partial charge in [-0.3, -0.25) is 9.79 Å². The van der Waals surface area contributed by atoms with Crippen molar-refractivity contribution in [3.8, 4) is 0 Å². The Hall–Kier alpha value is -1.26. The summed E-state index contributed by atoms with van der Waals surface area (Å²) in [6, 6.07) is 0. The van der Waals surface area contributed by atoms with Crippen molar-refractivity contribution in [3.63, 3.8) is 0 Å². The number of nitrogens with zero attached hydrogens (tertiary/aromatic N) is 1. The first-order valence-corrected chi connectivity index (χ1v) is 6.94. The largest absolute Gasteiger partial charge is 0.466 e. The van der Waals surface area contributed by atoms with Crippen molar-refractivity contribution in [2.45, 2.75) is 39.5 Å². The number of hydrogen-bond donors (Lipinski definition) is 2. The SMILES string of the molecule is CCNC(=NCC1CC1)NCCCC(=O)OCC. The molecular formula is C13H25N3O2. The molecule has 0 amide bonds. The summed E-state index contributed by atoms with van der Waals surface area (Å²) in [6.07, 6.45) is 3.85. The fourth-order valence-corrected chi connectivity index (χ4v) is 1.54. The predicted molar refractivity (Wildman–Crippen MR) is 72.6 cm³/mol. The number of hydrogen-bond acceptors (Lipinski definition) is 3. The van der Waals surface area contributed by atoms with E-state index in [1.165, 1.54) is 12.8 Å². The highest BCUT2D eigenvalue weighted by atomic mass is 16.5. The molecule has 1 rings (SSSR count). The van der Waals surface area contributed by atoms with Crippen LogP contribution in [0.2, 0.25) is 0 Å². The van der Waals surface area contributed by atoms with Crippen molar-refractivity contribution in [1.29, 1.82) is 0 Å². The number of aliphatic imine (C=N–C) groups is 1. The van der Waals surface area contributed by atoms with Crippen LogP contribution in [-0.4, -0.2) is 38.2 Å². The average molecular weight is 255 g/mol. The third-order valence-corrected chi connectivity index (χ3v) is 2.70. The molecule has 0 saturated heterocycles. The Kier molecular flexibility index (Phi) is 7.22. The fraction of sp³-hybridized carbons (Fsp3) is 0.846. The van der Waals surface area contributed by atoms with Crippen LogP contribution in [0.5, 0.6) is 0 Å². The standard InChI is InChI=1S/C13H25N3O2/c1-3-14-13(16-10-11-7-8-11)15-9-5-6-12(17)18-4-2/h11H,3-10H2,1-2H3,(H2,14,15,16). The van der Waals surface area contributed by atoms with Crippen LogP contribution in [0.3, 0.4) is 0 Å². The minimum absolute atomic E-state index is 0.126. The topological polar surface area (TPSA) is 62.7 Å². The van der Waals surface area contributed by atoms with Crippen LogP contribution in [0.1, 0.15) is 39.5 Å². The van der Waals surface area contributed by atoms with Gasteiger partial charge in [-0.05, 0) is 39.0 Å². The Bertz CT molecular complexity index is 275. The van der Waals surface area contributed by atoms with E-state index in [2.05, 4.69) is 15.6 Å². The van der Waals surface area contributed by atoms with E-state index in [4.69, 9.17) is 4.74 Å². The summed E-state index contributed by atoms with van der Waals surface area (Å²) < 4.78 is 4.87. The Labute approximate surface area is 109 Å². The normalized spacial score (nSPS) is 15.3. The Morgan fingerprint density at radius 3 is 2.72 bits per heavy atom. The summed E-state index contributed by atoms with van der Waals surface area (Å²) >= 11 is 0. The van der Waals surface area contributed by atoms with E-state index in [1.807, 2.05) is 13.8 Å². The first-order chi connectivity index (χ1) is 8.76. The summed E-state index contributed by atoms with van der Waals surface area (Å²) in [7, 11) is 0. The number of nitrogens with one attached hydrogen (secondary N) is 2. The Balaban J connectivity index is 2.12. The summed E-state index contributed by atoms with van der Waals surface area (Å²) in [5, 5.41) is 6.43. The summed E-state index contributed by atoms with van der Waals surface area (Å²) in [5.74, 6) is 1.52. The van der Waals surface area contributed by atoms with E-state index in [0.717, 1.165) is 37.9 Å². The molecule has 1 aliphatic rings.